The molecule has 8 rings (SSSR count). The number of pyridine rings is 1. The number of fused-ring (bicyclic) bond motifs is 1. The Morgan fingerprint density at radius 3 is 1.60 bits per heavy atom. The van der Waals surface area contributed by atoms with Gasteiger partial charge in [0.2, 0.25) is 0 Å². The summed E-state index contributed by atoms with van der Waals surface area (Å²) in [7, 11) is 0. The molecular formula is C64H73N3O. The summed E-state index contributed by atoms with van der Waals surface area (Å²) in [6, 6.07) is 47.1. The first-order valence-corrected chi connectivity index (χ1v) is 24.7. The van der Waals surface area contributed by atoms with E-state index < -0.39 is 0 Å². The van der Waals surface area contributed by atoms with Gasteiger partial charge in [0.1, 0.15) is 11.6 Å². The van der Waals surface area contributed by atoms with Gasteiger partial charge in [-0.15, -0.1) is 0 Å². The van der Waals surface area contributed by atoms with Crippen molar-refractivity contribution in [3.8, 4) is 67.5 Å². The van der Waals surface area contributed by atoms with Gasteiger partial charge in [-0.2, -0.15) is 0 Å². The van der Waals surface area contributed by atoms with Gasteiger partial charge >= 0.3 is 0 Å². The lowest BCUT2D eigenvalue weighted by molar-refractivity contribution is 0.466. The van der Waals surface area contributed by atoms with Crippen molar-refractivity contribution in [2.75, 3.05) is 0 Å². The highest BCUT2D eigenvalue weighted by molar-refractivity contribution is 5.98. The number of hydrogen-bond acceptors (Lipinski definition) is 3. The van der Waals surface area contributed by atoms with E-state index in [2.05, 4.69) is 243 Å². The Morgan fingerprint density at radius 2 is 1.03 bits per heavy atom. The van der Waals surface area contributed by atoms with E-state index in [1.165, 1.54) is 33.4 Å². The Bertz CT molecular complexity index is 3130. The van der Waals surface area contributed by atoms with Crippen LogP contribution in [0.15, 0.2) is 134 Å². The lowest BCUT2D eigenvalue weighted by Gasteiger charge is -2.24. The van der Waals surface area contributed by atoms with Gasteiger partial charge in [-0.25, -0.2) is 4.98 Å². The van der Waals surface area contributed by atoms with Crippen LogP contribution in [0.4, 0.5) is 0 Å². The minimum absolute atomic E-state index is 0.0210. The van der Waals surface area contributed by atoms with E-state index in [-0.39, 0.29) is 39.2 Å². The van der Waals surface area contributed by atoms with Crippen LogP contribution in [0.25, 0.3) is 72.7 Å². The Labute approximate surface area is 407 Å². The largest absolute Gasteiger partial charge is 0.507 e. The number of benzene rings is 6. The zero-order valence-electron chi connectivity index (χ0n) is 43.6. The molecule has 0 radical (unpaired) electrons. The molecule has 0 amide bonds. The van der Waals surface area contributed by atoms with Crippen molar-refractivity contribution in [2.24, 2.45) is 0 Å². The first-order chi connectivity index (χ1) is 31.8. The molecule has 0 fully saturated rings. The summed E-state index contributed by atoms with van der Waals surface area (Å²) in [6.45, 7) is 36.0. The topological polar surface area (TPSA) is 50.9 Å². The van der Waals surface area contributed by atoms with Gasteiger partial charge in [0.15, 0.2) is 0 Å². The summed E-state index contributed by atoms with van der Waals surface area (Å²) in [5, 5.41) is 12.4. The minimum Gasteiger partial charge on any atom is -0.507 e. The highest BCUT2D eigenvalue weighted by atomic mass is 16.3. The third-order valence-electron chi connectivity index (χ3n) is 13.8. The maximum Gasteiger partial charge on any atom is 0.149 e. The van der Waals surface area contributed by atoms with Gasteiger partial charge in [-0.05, 0) is 138 Å². The van der Waals surface area contributed by atoms with E-state index in [1.807, 2.05) is 6.20 Å². The molecule has 0 atom stereocenters. The van der Waals surface area contributed by atoms with Crippen LogP contribution in [0.2, 0.25) is 0 Å². The maximum absolute atomic E-state index is 12.4. The summed E-state index contributed by atoms with van der Waals surface area (Å²) >= 11 is 0. The number of aromatic hydroxyl groups is 1. The smallest absolute Gasteiger partial charge is 0.149 e. The van der Waals surface area contributed by atoms with E-state index in [0.717, 1.165) is 66.9 Å². The number of nitrogens with zero attached hydrogens (tertiary/aromatic N) is 3. The first kappa shape index (κ1) is 48.2. The summed E-state index contributed by atoms with van der Waals surface area (Å²) in [5.74, 6) is 1.35. The predicted molar refractivity (Wildman–Crippen MR) is 291 cm³/mol. The number of aromatic nitrogens is 3. The quantitative estimate of drug-likeness (QED) is 0.165. The van der Waals surface area contributed by atoms with Crippen molar-refractivity contribution in [1.29, 1.82) is 0 Å². The molecule has 0 aliphatic heterocycles. The van der Waals surface area contributed by atoms with Crippen LogP contribution in [-0.2, 0) is 21.7 Å². The van der Waals surface area contributed by atoms with Gasteiger partial charge in [-0.3, -0.25) is 9.55 Å². The van der Waals surface area contributed by atoms with Gasteiger partial charge in [0.05, 0.1) is 28.0 Å². The molecule has 1 N–H and O–H groups in total. The van der Waals surface area contributed by atoms with Crippen molar-refractivity contribution in [2.45, 2.75) is 144 Å². The number of phenolic OH excluding ortho intramolecular Hbond substituents is 1. The van der Waals surface area contributed by atoms with Crippen LogP contribution in [-0.4, -0.2) is 19.6 Å². The molecule has 0 spiro atoms. The second kappa shape index (κ2) is 17.7. The maximum atomic E-state index is 12.4. The molecule has 0 saturated carbocycles. The molecule has 8 aromatic rings. The Kier molecular flexibility index (Phi) is 12.5. The van der Waals surface area contributed by atoms with Crippen LogP contribution in [0, 0.1) is 0 Å². The highest BCUT2D eigenvalue weighted by Crippen LogP contribution is 2.45. The standard InChI is InChI=1S/C64H73N3O/c1-39(2)44-35-52(40(3)4)59(68)54(36-44)60-66-58-51(18-17-19-57(58)67(60)56-29-28-49(63(11,12)13)38-53(56)42-22-26-48(27-23-42)62(8,9)10)45-32-46(34-50(33-45)64(14,15)16)55-37-43(30-31-65-55)41-20-24-47(25-21-41)61(5,6)7/h17-40,68H,1-16H3. The number of phenols is 1. The van der Waals surface area contributed by atoms with Gasteiger partial charge in [0, 0.05) is 22.9 Å². The fraction of sp³-hybridized carbons (Fsp3) is 0.344. The third kappa shape index (κ3) is 9.57. The van der Waals surface area contributed by atoms with Crippen molar-refractivity contribution in [1.82, 2.24) is 14.5 Å². The number of hydrogen-bond donors (Lipinski definition) is 1. The van der Waals surface area contributed by atoms with Gasteiger partial charge < -0.3 is 5.11 Å². The molecule has 0 unspecified atom stereocenters. The predicted octanol–water partition coefficient (Wildman–Crippen LogP) is 17.9. The number of rotatable bonds is 8. The second-order valence-corrected chi connectivity index (χ2v) is 23.9. The molecule has 0 saturated heterocycles. The van der Waals surface area contributed by atoms with E-state index >= 15 is 0 Å². The molecule has 2 aromatic heterocycles. The Morgan fingerprint density at radius 1 is 0.456 bits per heavy atom. The van der Waals surface area contributed by atoms with Crippen LogP contribution in [0.5, 0.6) is 5.75 Å². The van der Waals surface area contributed by atoms with E-state index in [4.69, 9.17) is 9.97 Å². The first-order valence-electron chi connectivity index (χ1n) is 24.7. The minimum atomic E-state index is -0.147. The SMILES string of the molecule is CC(C)c1cc(-c2nc3c(-c4cc(-c5cc(-c6ccc(C(C)(C)C)cc6)ccn5)cc(C(C)(C)C)c4)cccc3n2-c2ccc(C(C)(C)C)cc2-c2ccc(C(C)(C)C)cc2)c(O)c(C(C)C)c1. The summed E-state index contributed by atoms with van der Waals surface area (Å²) in [6.07, 6.45) is 1.93. The van der Waals surface area contributed by atoms with Crippen molar-refractivity contribution < 1.29 is 5.11 Å². The molecule has 2 heterocycles. The van der Waals surface area contributed by atoms with Gasteiger partial charge in [-0.1, -0.05) is 190 Å². The number of para-hydroxylation sites is 1. The van der Waals surface area contributed by atoms with Crippen molar-refractivity contribution >= 4 is 11.0 Å². The van der Waals surface area contributed by atoms with Crippen LogP contribution in [0.1, 0.15) is 156 Å². The third-order valence-corrected chi connectivity index (χ3v) is 13.8. The molecule has 4 heteroatoms. The average molecular weight is 900 g/mol. The highest BCUT2D eigenvalue weighted by Gasteiger charge is 2.27. The zero-order valence-corrected chi connectivity index (χ0v) is 43.6. The molecule has 350 valence electrons. The molecule has 0 aliphatic rings. The zero-order chi connectivity index (χ0) is 49.2. The van der Waals surface area contributed by atoms with E-state index in [1.54, 1.807) is 0 Å². The van der Waals surface area contributed by atoms with Crippen LogP contribution < -0.4 is 0 Å². The molecule has 68 heavy (non-hydrogen) atoms. The number of imidazole rings is 1. The average Bonchev–Trinajstić information content (AvgIpc) is 3.67. The lowest BCUT2D eigenvalue weighted by Crippen LogP contribution is -2.12. The van der Waals surface area contributed by atoms with Crippen molar-refractivity contribution in [3.63, 3.8) is 0 Å². The summed E-state index contributed by atoms with van der Waals surface area (Å²) in [4.78, 5) is 10.7. The van der Waals surface area contributed by atoms with Gasteiger partial charge in [0.25, 0.3) is 0 Å². The fourth-order valence-electron chi connectivity index (χ4n) is 9.25. The molecule has 0 aliphatic carbocycles. The fourth-order valence-corrected chi connectivity index (χ4v) is 9.25. The van der Waals surface area contributed by atoms with E-state index in [9.17, 15) is 5.11 Å². The molecular weight excluding hydrogens is 827 g/mol. The summed E-state index contributed by atoms with van der Waals surface area (Å²) < 4.78 is 2.31. The normalized spacial score (nSPS) is 12.7. The van der Waals surface area contributed by atoms with Crippen molar-refractivity contribution in [3.05, 3.63) is 167 Å². The monoisotopic (exact) mass is 900 g/mol. The molecule has 0 bridgehead atoms. The molecule has 6 aromatic carbocycles. The van der Waals surface area contributed by atoms with Crippen LogP contribution >= 0.6 is 0 Å². The second-order valence-electron chi connectivity index (χ2n) is 23.9. The Hall–Kier alpha value is -6.26. The van der Waals surface area contributed by atoms with E-state index in [0.29, 0.717) is 5.82 Å². The lowest BCUT2D eigenvalue weighted by atomic mass is 9.83. The molecule has 4 nitrogen and oxygen atoms in total. The summed E-state index contributed by atoms with van der Waals surface area (Å²) in [5.41, 5.74) is 19.2. The Balaban J connectivity index is 1.42. The van der Waals surface area contributed by atoms with Crippen LogP contribution in [0.3, 0.4) is 0 Å².